The normalized spacial score (nSPS) is 18.4. The molecule has 1 fully saturated rings. The van der Waals surface area contributed by atoms with E-state index in [-0.39, 0.29) is 18.8 Å². The van der Waals surface area contributed by atoms with Crippen molar-refractivity contribution in [2.45, 2.75) is 39.2 Å². The first-order chi connectivity index (χ1) is 13.1. The number of ether oxygens (including phenoxy) is 3. The number of rotatable bonds is 4. The van der Waals surface area contributed by atoms with Crippen LogP contribution in [0.1, 0.15) is 29.9 Å². The molecule has 0 aliphatic carbocycles. The second kappa shape index (κ2) is 7.42. The van der Waals surface area contributed by atoms with Gasteiger partial charge >= 0.3 is 0 Å². The molecule has 2 aliphatic heterocycles. The van der Waals surface area contributed by atoms with Crippen LogP contribution in [0, 0.1) is 13.8 Å². The van der Waals surface area contributed by atoms with Crippen molar-refractivity contribution in [1.82, 2.24) is 14.9 Å². The number of likely N-dealkylation sites (tertiary alicyclic amines) is 1. The summed E-state index contributed by atoms with van der Waals surface area (Å²) in [7, 11) is 0. The molecule has 27 heavy (non-hydrogen) atoms. The summed E-state index contributed by atoms with van der Waals surface area (Å²) in [6, 6.07) is 7.48. The molecule has 1 saturated heterocycles. The van der Waals surface area contributed by atoms with Crippen molar-refractivity contribution in [2.75, 3.05) is 19.9 Å². The summed E-state index contributed by atoms with van der Waals surface area (Å²) >= 11 is 0. The Balaban J connectivity index is 1.38. The van der Waals surface area contributed by atoms with E-state index in [4.69, 9.17) is 14.2 Å². The van der Waals surface area contributed by atoms with E-state index in [2.05, 4.69) is 9.97 Å². The lowest BCUT2D eigenvalue weighted by Gasteiger charge is -2.32. The summed E-state index contributed by atoms with van der Waals surface area (Å²) in [5.74, 6) is 2.80. The third-order valence-corrected chi connectivity index (χ3v) is 4.75. The summed E-state index contributed by atoms with van der Waals surface area (Å²) in [4.78, 5) is 23.2. The molecule has 0 bridgehead atoms. The van der Waals surface area contributed by atoms with Crippen LogP contribution in [0.5, 0.6) is 17.4 Å². The highest BCUT2D eigenvalue weighted by Gasteiger charge is 2.26. The van der Waals surface area contributed by atoms with Gasteiger partial charge in [-0.05, 0) is 44.4 Å². The predicted octanol–water partition coefficient (Wildman–Crippen LogP) is 2.43. The molecule has 4 rings (SSSR count). The summed E-state index contributed by atoms with van der Waals surface area (Å²) in [6.45, 7) is 5.34. The van der Waals surface area contributed by atoms with Crippen LogP contribution in [0.3, 0.4) is 0 Å². The third-order valence-electron chi connectivity index (χ3n) is 4.75. The van der Waals surface area contributed by atoms with E-state index < -0.39 is 0 Å². The molecule has 0 saturated carbocycles. The van der Waals surface area contributed by atoms with Crippen LogP contribution >= 0.6 is 0 Å². The molecule has 2 aromatic rings. The molecular weight excluding hydrogens is 346 g/mol. The number of aromatic nitrogens is 2. The molecule has 1 aromatic carbocycles. The number of carbonyl (C=O) groups excluding carboxylic acids is 1. The standard InChI is InChI=1S/C20H23N3O4/c1-13-8-19(22-14(2)21-13)27-16-4-3-7-23(11-16)20(24)10-15-5-6-17-18(9-15)26-12-25-17/h5-6,8-9,16H,3-4,7,10-12H2,1-2H3. The molecule has 1 amide bonds. The van der Waals surface area contributed by atoms with Gasteiger partial charge in [0.2, 0.25) is 18.6 Å². The van der Waals surface area contributed by atoms with Gasteiger partial charge < -0.3 is 19.1 Å². The minimum Gasteiger partial charge on any atom is -0.472 e. The van der Waals surface area contributed by atoms with Crippen LogP contribution < -0.4 is 14.2 Å². The zero-order valence-electron chi connectivity index (χ0n) is 15.6. The van der Waals surface area contributed by atoms with E-state index >= 15 is 0 Å². The molecule has 2 aliphatic rings. The average molecular weight is 369 g/mol. The molecule has 0 radical (unpaired) electrons. The van der Waals surface area contributed by atoms with Crippen LogP contribution in [-0.2, 0) is 11.2 Å². The third kappa shape index (κ3) is 4.13. The minimum atomic E-state index is -0.0480. The number of hydrogen-bond acceptors (Lipinski definition) is 6. The number of fused-ring (bicyclic) bond motifs is 1. The van der Waals surface area contributed by atoms with Crippen LogP contribution in [0.2, 0.25) is 0 Å². The Morgan fingerprint density at radius 2 is 2.07 bits per heavy atom. The Morgan fingerprint density at radius 1 is 1.22 bits per heavy atom. The topological polar surface area (TPSA) is 73.8 Å². The van der Waals surface area contributed by atoms with Crippen LogP contribution in [0.15, 0.2) is 24.3 Å². The highest BCUT2D eigenvalue weighted by atomic mass is 16.7. The van der Waals surface area contributed by atoms with Crippen LogP contribution in [-0.4, -0.2) is 46.8 Å². The highest BCUT2D eigenvalue weighted by Crippen LogP contribution is 2.32. The monoisotopic (exact) mass is 369 g/mol. The van der Waals surface area contributed by atoms with Gasteiger partial charge in [0.05, 0.1) is 13.0 Å². The van der Waals surface area contributed by atoms with Gasteiger partial charge in [0, 0.05) is 18.3 Å². The Bertz CT molecular complexity index is 835. The SMILES string of the molecule is Cc1cc(OC2CCCN(C(=O)Cc3ccc4c(c3)OCO4)C2)nc(C)n1. The van der Waals surface area contributed by atoms with Gasteiger partial charge in [0.1, 0.15) is 11.9 Å². The van der Waals surface area contributed by atoms with Crippen molar-refractivity contribution >= 4 is 5.91 Å². The van der Waals surface area contributed by atoms with E-state index in [0.29, 0.717) is 30.4 Å². The number of aryl methyl sites for hydroxylation is 2. The number of nitrogens with zero attached hydrogens (tertiary/aromatic N) is 3. The van der Waals surface area contributed by atoms with Gasteiger partial charge in [-0.1, -0.05) is 6.07 Å². The first kappa shape index (κ1) is 17.6. The number of benzene rings is 1. The first-order valence-electron chi connectivity index (χ1n) is 9.22. The van der Waals surface area contributed by atoms with Gasteiger partial charge in [-0.3, -0.25) is 4.79 Å². The van der Waals surface area contributed by atoms with Crippen molar-refractivity contribution in [1.29, 1.82) is 0 Å². The summed E-state index contributed by atoms with van der Waals surface area (Å²) in [6.07, 6.45) is 2.12. The van der Waals surface area contributed by atoms with E-state index in [1.54, 1.807) is 0 Å². The largest absolute Gasteiger partial charge is 0.472 e. The van der Waals surface area contributed by atoms with E-state index in [9.17, 15) is 4.79 Å². The average Bonchev–Trinajstić information content (AvgIpc) is 3.09. The van der Waals surface area contributed by atoms with Crippen LogP contribution in [0.4, 0.5) is 0 Å². The number of hydrogen-bond donors (Lipinski definition) is 0. The Hall–Kier alpha value is -2.83. The molecule has 1 aromatic heterocycles. The summed E-state index contributed by atoms with van der Waals surface area (Å²) in [5.41, 5.74) is 1.80. The second-order valence-electron chi connectivity index (χ2n) is 6.98. The Labute approximate surface area is 158 Å². The van der Waals surface area contributed by atoms with Gasteiger partial charge in [-0.15, -0.1) is 0 Å². The Kier molecular flexibility index (Phi) is 4.83. The van der Waals surface area contributed by atoms with Gasteiger partial charge in [-0.25, -0.2) is 4.98 Å². The maximum atomic E-state index is 12.7. The van der Waals surface area contributed by atoms with E-state index in [0.717, 1.165) is 36.4 Å². The van der Waals surface area contributed by atoms with Gasteiger partial charge in [0.15, 0.2) is 11.5 Å². The lowest BCUT2D eigenvalue weighted by molar-refractivity contribution is -0.133. The lowest BCUT2D eigenvalue weighted by atomic mass is 10.1. The quantitative estimate of drug-likeness (QED) is 0.824. The molecular formula is C20H23N3O4. The molecule has 7 nitrogen and oxygen atoms in total. The molecule has 7 heteroatoms. The van der Waals surface area contributed by atoms with Gasteiger partial charge in [0.25, 0.3) is 0 Å². The van der Waals surface area contributed by atoms with E-state index in [1.807, 2.05) is 43.0 Å². The molecule has 1 unspecified atom stereocenters. The van der Waals surface area contributed by atoms with Gasteiger partial charge in [-0.2, -0.15) is 4.98 Å². The number of piperidine rings is 1. The van der Waals surface area contributed by atoms with Crippen molar-refractivity contribution in [2.24, 2.45) is 0 Å². The predicted molar refractivity (Wildman–Crippen MR) is 98.0 cm³/mol. The molecule has 1 atom stereocenters. The first-order valence-corrected chi connectivity index (χ1v) is 9.22. The number of carbonyl (C=O) groups is 1. The fourth-order valence-corrected chi connectivity index (χ4v) is 3.51. The summed E-state index contributed by atoms with van der Waals surface area (Å²) < 4.78 is 16.7. The van der Waals surface area contributed by atoms with Crippen molar-refractivity contribution in [3.05, 3.63) is 41.3 Å². The minimum absolute atomic E-state index is 0.0480. The molecule has 0 N–H and O–H groups in total. The van der Waals surface area contributed by atoms with Crippen molar-refractivity contribution in [3.8, 4) is 17.4 Å². The maximum absolute atomic E-state index is 12.7. The maximum Gasteiger partial charge on any atom is 0.231 e. The fourth-order valence-electron chi connectivity index (χ4n) is 3.51. The van der Waals surface area contributed by atoms with Crippen LogP contribution in [0.25, 0.3) is 0 Å². The zero-order valence-corrected chi connectivity index (χ0v) is 15.6. The molecule has 142 valence electrons. The smallest absolute Gasteiger partial charge is 0.231 e. The molecule has 3 heterocycles. The Morgan fingerprint density at radius 3 is 2.93 bits per heavy atom. The number of amides is 1. The van der Waals surface area contributed by atoms with Crippen molar-refractivity contribution in [3.63, 3.8) is 0 Å². The summed E-state index contributed by atoms with van der Waals surface area (Å²) in [5, 5.41) is 0. The second-order valence-corrected chi connectivity index (χ2v) is 6.98. The highest BCUT2D eigenvalue weighted by molar-refractivity contribution is 5.79. The van der Waals surface area contributed by atoms with Crippen molar-refractivity contribution < 1.29 is 19.0 Å². The lowest BCUT2D eigenvalue weighted by Crippen LogP contribution is -2.45. The van der Waals surface area contributed by atoms with E-state index in [1.165, 1.54) is 0 Å². The molecule has 0 spiro atoms. The zero-order chi connectivity index (χ0) is 18.8. The fraction of sp³-hybridized carbons (Fsp3) is 0.450.